The summed E-state index contributed by atoms with van der Waals surface area (Å²) in [6, 6.07) is 5.84. The molecule has 2 aromatic rings. The van der Waals surface area contributed by atoms with Crippen LogP contribution in [0.1, 0.15) is 17.4 Å². The van der Waals surface area contributed by atoms with Crippen molar-refractivity contribution in [2.45, 2.75) is 6.92 Å². The molecule has 4 nitrogen and oxygen atoms in total. The highest BCUT2D eigenvalue weighted by Gasteiger charge is 2.19. The average Bonchev–Trinajstić information content (AvgIpc) is 2.73. The number of nitrogens with one attached hydrogen (secondary N) is 1. The number of rotatable bonds is 3. The first-order valence-corrected chi connectivity index (χ1v) is 6.09. The lowest BCUT2D eigenvalue weighted by atomic mass is 10.1. The van der Waals surface area contributed by atoms with E-state index < -0.39 is 5.97 Å². The fraction of sp³-hybridized carbons (Fsp3) is 0.167. The van der Waals surface area contributed by atoms with Gasteiger partial charge in [-0.1, -0.05) is 0 Å². The number of hydrogen-bond donors (Lipinski definition) is 1. The van der Waals surface area contributed by atoms with Crippen molar-refractivity contribution in [2.75, 3.05) is 6.61 Å². The topological polar surface area (TPSA) is 55.0 Å². The van der Waals surface area contributed by atoms with Gasteiger partial charge in [-0.15, -0.1) is 0 Å². The van der Waals surface area contributed by atoms with Gasteiger partial charge in [0.1, 0.15) is 11.5 Å². The predicted molar refractivity (Wildman–Crippen MR) is 67.6 cm³/mol. The first-order chi connectivity index (χ1) is 8.63. The van der Waals surface area contributed by atoms with Gasteiger partial charge in [-0.2, -0.15) is 5.10 Å². The Hall–Kier alpha value is -1.69. The number of carbonyl (C=O) groups is 1. The molecule has 1 heterocycles. The molecular weight excluding hydrogens is 303 g/mol. The van der Waals surface area contributed by atoms with Crippen molar-refractivity contribution in [3.05, 3.63) is 40.2 Å². The van der Waals surface area contributed by atoms with E-state index >= 15 is 0 Å². The van der Waals surface area contributed by atoms with Gasteiger partial charge < -0.3 is 4.74 Å². The van der Waals surface area contributed by atoms with E-state index in [-0.39, 0.29) is 18.1 Å². The maximum Gasteiger partial charge on any atom is 0.357 e. The largest absolute Gasteiger partial charge is 0.461 e. The van der Waals surface area contributed by atoms with E-state index in [2.05, 4.69) is 26.1 Å². The Morgan fingerprint density at radius 3 is 2.72 bits per heavy atom. The third kappa shape index (κ3) is 2.43. The Morgan fingerprint density at radius 2 is 2.11 bits per heavy atom. The average molecular weight is 313 g/mol. The number of halogens is 2. The fourth-order valence-electron chi connectivity index (χ4n) is 1.47. The molecule has 1 N–H and O–H groups in total. The first kappa shape index (κ1) is 12.8. The Morgan fingerprint density at radius 1 is 1.44 bits per heavy atom. The van der Waals surface area contributed by atoms with Crippen molar-refractivity contribution in [2.24, 2.45) is 0 Å². The van der Waals surface area contributed by atoms with Gasteiger partial charge >= 0.3 is 5.97 Å². The Balaban J connectivity index is 2.36. The summed E-state index contributed by atoms with van der Waals surface area (Å²) in [6.07, 6.45) is 0. The van der Waals surface area contributed by atoms with Crippen LogP contribution >= 0.6 is 15.9 Å². The number of benzene rings is 1. The monoisotopic (exact) mass is 312 g/mol. The quantitative estimate of drug-likeness (QED) is 0.886. The number of ether oxygens (including phenoxy) is 1. The number of carbonyl (C=O) groups excluding carboxylic acids is 1. The zero-order chi connectivity index (χ0) is 13.1. The van der Waals surface area contributed by atoms with E-state index in [1.54, 1.807) is 19.1 Å². The summed E-state index contributed by atoms with van der Waals surface area (Å²) >= 11 is 3.29. The minimum Gasteiger partial charge on any atom is -0.461 e. The number of esters is 1. The van der Waals surface area contributed by atoms with Crippen molar-refractivity contribution in [3.63, 3.8) is 0 Å². The second kappa shape index (κ2) is 5.30. The molecule has 0 saturated carbocycles. The number of H-pyrrole nitrogens is 1. The highest BCUT2D eigenvalue weighted by Crippen LogP contribution is 2.29. The number of nitrogens with zero attached hydrogens (tertiary/aromatic N) is 1. The zero-order valence-electron chi connectivity index (χ0n) is 9.54. The third-order valence-electron chi connectivity index (χ3n) is 2.30. The summed E-state index contributed by atoms with van der Waals surface area (Å²) in [5, 5.41) is 6.63. The maximum atomic E-state index is 12.8. The van der Waals surface area contributed by atoms with Crippen LogP contribution in [-0.4, -0.2) is 22.8 Å². The van der Waals surface area contributed by atoms with E-state index in [4.69, 9.17) is 4.74 Å². The molecule has 1 aromatic carbocycles. The summed E-state index contributed by atoms with van der Waals surface area (Å²) in [5.41, 5.74) is 1.49. The second-order valence-corrected chi connectivity index (χ2v) is 4.28. The van der Waals surface area contributed by atoms with Crippen LogP contribution in [0, 0.1) is 5.82 Å². The van der Waals surface area contributed by atoms with Crippen molar-refractivity contribution in [1.29, 1.82) is 0 Å². The highest BCUT2D eigenvalue weighted by molar-refractivity contribution is 9.10. The van der Waals surface area contributed by atoms with Gasteiger partial charge in [0.05, 0.1) is 11.1 Å². The van der Waals surface area contributed by atoms with Crippen LogP contribution in [-0.2, 0) is 4.74 Å². The standard InChI is InChI=1S/C12H10BrFN2O2/c1-2-18-12(17)11-9(13)10(15-16-11)7-3-5-8(14)6-4-7/h3-6H,2H2,1H3,(H,15,16). The molecule has 0 amide bonds. The predicted octanol–water partition coefficient (Wildman–Crippen LogP) is 3.16. The molecule has 0 atom stereocenters. The first-order valence-electron chi connectivity index (χ1n) is 5.30. The highest BCUT2D eigenvalue weighted by atomic mass is 79.9. The second-order valence-electron chi connectivity index (χ2n) is 3.49. The lowest BCUT2D eigenvalue weighted by molar-refractivity contribution is 0.0518. The zero-order valence-corrected chi connectivity index (χ0v) is 11.1. The molecule has 0 aliphatic carbocycles. The van der Waals surface area contributed by atoms with Gasteiger partial charge in [0.25, 0.3) is 0 Å². The third-order valence-corrected chi connectivity index (χ3v) is 3.08. The number of aromatic amines is 1. The summed E-state index contributed by atoms with van der Waals surface area (Å²) in [4.78, 5) is 11.6. The normalized spacial score (nSPS) is 10.4. The minimum atomic E-state index is -0.481. The van der Waals surface area contributed by atoms with E-state index in [1.807, 2.05) is 0 Å². The van der Waals surface area contributed by atoms with Gasteiger partial charge in [0.2, 0.25) is 0 Å². The minimum absolute atomic E-state index is 0.246. The van der Waals surface area contributed by atoms with Crippen molar-refractivity contribution in [3.8, 4) is 11.3 Å². The van der Waals surface area contributed by atoms with E-state index in [0.29, 0.717) is 15.7 Å². The number of hydrogen-bond acceptors (Lipinski definition) is 3. The smallest absolute Gasteiger partial charge is 0.357 e. The molecule has 18 heavy (non-hydrogen) atoms. The summed E-state index contributed by atoms with van der Waals surface area (Å²) < 4.78 is 18.2. The lowest BCUT2D eigenvalue weighted by Gasteiger charge is -1.99. The maximum absolute atomic E-state index is 12.8. The van der Waals surface area contributed by atoms with Gasteiger partial charge in [-0.25, -0.2) is 9.18 Å². The Labute approximate surface area is 111 Å². The molecule has 0 radical (unpaired) electrons. The van der Waals surface area contributed by atoms with Crippen LogP contribution in [0.5, 0.6) is 0 Å². The Kier molecular flexibility index (Phi) is 3.76. The van der Waals surface area contributed by atoms with Gasteiger partial charge in [-0.05, 0) is 47.1 Å². The molecule has 0 spiro atoms. The van der Waals surface area contributed by atoms with Gasteiger partial charge in [0.15, 0.2) is 5.69 Å². The van der Waals surface area contributed by atoms with Gasteiger partial charge in [0, 0.05) is 5.56 Å². The molecule has 0 bridgehead atoms. The SMILES string of the molecule is CCOC(=O)c1[nH]nc(-c2ccc(F)cc2)c1Br. The Bertz CT molecular complexity index is 566. The van der Waals surface area contributed by atoms with Crippen molar-refractivity contribution in [1.82, 2.24) is 10.2 Å². The molecule has 2 rings (SSSR count). The summed E-state index contributed by atoms with van der Waals surface area (Å²) in [7, 11) is 0. The molecule has 6 heteroatoms. The fourth-order valence-corrected chi connectivity index (χ4v) is 2.03. The molecule has 1 aromatic heterocycles. The van der Waals surface area contributed by atoms with Crippen LogP contribution in [0.4, 0.5) is 4.39 Å². The van der Waals surface area contributed by atoms with Crippen molar-refractivity contribution < 1.29 is 13.9 Å². The van der Waals surface area contributed by atoms with E-state index in [0.717, 1.165) is 0 Å². The molecule has 0 fully saturated rings. The summed E-state index contributed by atoms with van der Waals surface area (Å²) in [6.45, 7) is 2.01. The molecule has 0 unspecified atom stereocenters. The molecular formula is C12H10BrFN2O2. The van der Waals surface area contributed by atoms with E-state index in [9.17, 15) is 9.18 Å². The number of aromatic nitrogens is 2. The van der Waals surface area contributed by atoms with Gasteiger partial charge in [-0.3, -0.25) is 5.10 Å². The van der Waals surface area contributed by atoms with Crippen LogP contribution in [0.25, 0.3) is 11.3 Å². The molecule has 94 valence electrons. The molecule has 0 aliphatic heterocycles. The van der Waals surface area contributed by atoms with Crippen LogP contribution in [0.2, 0.25) is 0 Å². The lowest BCUT2D eigenvalue weighted by Crippen LogP contribution is -2.05. The van der Waals surface area contributed by atoms with Crippen molar-refractivity contribution >= 4 is 21.9 Å². The molecule has 0 aliphatic rings. The van der Waals surface area contributed by atoms with Crippen LogP contribution in [0.15, 0.2) is 28.7 Å². The summed E-state index contributed by atoms with van der Waals surface area (Å²) in [5.74, 6) is -0.804. The van der Waals surface area contributed by atoms with Crippen LogP contribution in [0.3, 0.4) is 0 Å². The molecule has 0 saturated heterocycles. The van der Waals surface area contributed by atoms with E-state index in [1.165, 1.54) is 12.1 Å². The van der Waals surface area contributed by atoms with Crippen LogP contribution < -0.4 is 0 Å².